The van der Waals surface area contributed by atoms with Gasteiger partial charge in [-0.05, 0) is 18.9 Å². The van der Waals surface area contributed by atoms with Gasteiger partial charge in [0.05, 0.1) is 6.20 Å². The number of amides is 1. The minimum atomic E-state index is -0.184. The van der Waals surface area contributed by atoms with Gasteiger partial charge in [-0.2, -0.15) is 5.10 Å². The van der Waals surface area contributed by atoms with Crippen LogP contribution in [0.5, 0.6) is 0 Å². The molecule has 0 aliphatic carbocycles. The highest BCUT2D eigenvalue weighted by atomic mass is 16.5. The third-order valence-corrected chi connectivity index (χ3v) is 4.06. The van der Waals surface area contributed by atoms with Gasteiger partial charge in [-0.15, -0.1) is 0 Å². The normalized spacial score (nSPS) is 10.8. The van der Waals surface area contributed by atoms with E-state index in [1.54, 1.807) is 24.2 Å². The van der Waals surface area contributed by atoms with Crippen LogP contribution in [0.15, 0.2) is 41.1 Å². The van der Waals surface area contributed by atoms with Crippen molar-refractivity contribution in [2.45, 2.75) is 26.8 Å². The number of aromatic nitrogens is 3. The van der Waals surface area contributed by atoms with Crippen LogP contribution in [0.25, 0.3) is 11.3 Å². The van der Waals surface area contributed by atoms with E-state index in [1.165, 1.54) is 5.56 Å². The quantitative estimate of drug-likeness (QED) is 0.782. The Balaban J connectivity index is 1.74. The maximum atomic E-state index is 12.5. The Kier molecular flexibility index (Phi) is 4.46. The summed E-state index contributed by atoms with van der Waals surface area (Å²) >= 11 is 0. The number of carbonyl (C=O) groups is 1. The number of carbonyl (C=O) groups excluding carboxylic acids is 1. The molecular weight excluding hydrogens is 304 g/mol. The number of hydrogen-bond donors (Lipinski definition) is 1. The predicted octanol–water partition coefficient (Wildman–Crippen LogP) is 3.21. The van der Waals surface area contributed by atoms with Crippen molar-refractivity contribution in [2.75, 3.05) is 7.05 Å². The molecule has 24 heavy (non-hydrogen) atoms. The number of benzene rings is 1. The molecule has 6 heteroatoms. The first kappa shape index (κ1) is 16.0. The zero-order chi connectivity index (χ0) is 17.1. The second-order valence-corrected chi connectivity index (χ2v) is 5.81. The molecule has 3 rings (SSSR count). The number of aromatic amines is 1. The lowest BCUT2D eigenvalue weighted by Gasteiger charge is -2.14. The first-order chi connectivity index (χ1) is 11.6. The molecule has 0 saturated heterocycles. The molecule has 0 atom stereocenters. The second-order valence-electron chi connectivity index (χ2n) is 5.81. The number of aryl methyl sites for hydroxylation is 2. The van der Waals surface area contributed by atoms with Gasteiger partial charge in [-0.3, -0.25) is 9.89 Å². The molecule has 2 heterocycles. The number of rotatable bonds is 5. The Bertz CT molecular complexity index is 833. The average Bonchev–Trinajstić information content (AvgIpc) is 3.24. The van der Waals surface area contributed by atoms with Gasteiger partial charge in [-0.25, -0.2) is 0 Å². The third kappa shape index (κ3) is 3.22. The summed E-state index contributed by atoms with van der Waals surface area (Å²) in [5.74, 6) is 0.407. The van der Waals surface area contributed by atoms with Crippen LogP contribution in [0.4, 0.5) is 0 Å². The summed E-state index contributed by atoms with van der Waals surface area (Å²) in [6.07, 6.45) is 2.71. The van der Waals surface area contributed by atoms with Crippen LogP contribution in [0, 0.1) is 6.92 Å². The standard InChI is InChI=1S/C18H20N4O2/c1-4-13-5-7-14(8-6-13)17-9-16(21-24-17)18(23)22(3)11-15-10-19-20-12(15)2/h5-10H,4,11H2,1-3H3,(H,19,20). The van der Waals surface area contributed by atoms with E-state index >= 15 is 0 Å². The Morgan fingerprint density at radius 2 is 2.04 bits per heavy atom. The fourth-order valence-electron chi connectivity index (χ4n) is 2.47. The Morgan fingerprint density at radius 1 is 1.29 bits per heavy atom. The van der Waals surface area contributed by atoms with Gasteiger partial charge >= 0.3 is 0 Å². The summed E-state index contributed by atoms with van der Waals surface area (Å²) in [7, 11) is 1.74. The molecular formula is C18H20N4O2. The Labute approximate surface area is 140 Å². The van der Waals surface area contributed by atoms with Gasteiger partial charge in [-0.1, -0.05) is 36.3 Å². The highest BCUT2D eigenvalue weighted by molar-refractivity contribution is 5.92. The molecule has 124 valence electrons. The first-order valence-corrected chi connectivity index (χ1v) is 7.88. The van der Waals surface area contributed by atoms with Gasteiger partial charge in [0.2, 0.25) is 0 Å². The van der Waals surface area contributed by atoms with Crippen LogP contribution < -0.4 is 0 Å². The molecule has 0 aliphatic rings. The SMILES string of the molecule is CCc1ccc(-c2cc(C(=O)N(C)Cc3cn[nH]c3C)no2)cc1. The molecule has 0 fully saturated rings. The fourth-order valence-corrected chi connectivity index (χ4v) is 2.47. The summed E-state index contributed by atoms with van der Waals surface area (Å²) in [6.45, 7) is 4.50. The maximum absolute atomic E-state index is 12.5. The van der Waals surface area contributed by atoms with Gasteiger partial charge in [0.25, 0.3) is 5.91 Å². The van der Waals surface area contributed by atoms with Gasteiger partial charge < -0.3 is 9.42 Å². The van der Waals surface area contributed by atoms with Crippen LogP contribution in [-0.4, -0.2) is 33.2 Å². The smallest absolute Gasteiger partial charge is 0.276 e. The lowest BCUT2D eigenvalue weighted by molar-refractivity contribution is 0.0774. The zero-order valence-corrected chi connectivity index (χ0v) is 14.0. The molecule has 1 aromatic carbocycles. The van der Waals surface area contributed by atoms with Crippen LogP contribution >= 0.6 is 0 Å². The van der Waals surface area contributed by atoms with Crippen LogP contribution in [0.2, 0.25) is 0 Å². The minimum Gasteiger partial charge on any atom is -0.355 e. The van der Waals surface area contributed by atoms with Crippen LogP contribution in [0.3, 0.4) is 0 Å². The third-order valence-electron chi connectivity index (χ3n) is 4.06. The van der Waals surface area contributed by atoms with E-state index in [9.17, 15) is 4.79 Å². The highest BCUT2D eigenvalue weighted by Gasteiger charge is 2.18. The predicted molar refractivity (Wildman–Crippen MR) is 90.4 cm³/mol. The Hall–Kier alpha value is -2.89. The molecule has 0 radical (unpaired) electrons. The van der Waals surface area contributed by atoms with Crippen molar-refractivity contribution in [3.05, 3.63) is 59.0 Å². The summed E-state index contributed by atoms with van der Waals surface area (Å²) in [5.41, 5.74) is 4.39. The monoisotopic (exact) mass is 324 g/mol. The van der Waals surface area contributed by atoms with Crippen molar-refractivity contribution in [3.63, 3.8) is 0 Å². The van der Waals surface area contributed by atoms with Crippen molar-refractivity contribution in [3.8, 4) is 11.3 Å². The van der Waals surface area contributed by atoms with E-state index in [0.29, 0.717) is 18.0 Å². The summed E-state index contributed by atoms with van der Waals surface area (Å²) in [4.78, 5) is 14.1. The summed E-state index contributed by atoms with van der Waals surface area (Å²) in [5, 5.41) is 10.8. The van der Waals surface area contributed by atoms with Gasteiger partial charge in [0.1, 0.15) is 0 Å². The highest BCUT2D eigenvalue weighted by Crippen LogP contribution is 2.22. The minimum absolute atomic E-state index is 0.184. The van der Waals surface area contributed by atoms with Gasteiger partial charge in [0.15, 0.2) is 11.5 Å². The van der Waals surface area contributed by atoms with E-state index in [4.69, 9.17) is 4.52 Å². The molecule has 1 N–H and O–H groups in total. The molecule has 1 amide bonds. The fraction of sp³-hybridized carbons (Fsp3) is 0.278. The zero-order valence-electron chi connectivity index (χ0n) is 14.0. The topological polar surface area (TPSA) is 75.0 Å². The number of nitrogens with one attached hydrogen (secondary N) is 1. The van der Waals surface area contributed by atoms with E-state index in [-0.39, 0.29) is 5.91 Å². The number of H-pyrrole nitrogens is 1. The molecule has 0 bridgehead atoms. The summed E-state index contributed by atoms with van der Waals surface area (Å²) in [6, 6.07) is 9.74. The molecule has 3 aromatic rings. The van der Waals surface area contributed by atoms with E-state index in [0.717, 1.165) is 23.2 Å². The lowest BCUT2D eigenvalue weighted by atomic mass is 10.1. The van der Waals surface area contributed by atoms with E-state index in [1.807, 2.05) is 31.2 Å². The molecule has 0 spiro atoms. The Morgan fingerprint density at radius 3 is 2.67 bits per heavy atom. The lowest BCUT2D eigenvalue weighted by Crippen LogP contribution is -2.26. The van der Waals surface area contributed by atoms with Crippen molar-refractivity contribution < 1.29 is 9.32 Å². The second kappa shape index (κ2) is 6.70. The molecule has 0 aliphatic heterocycles. The molecule has 2 aromatic heterocycles. The largest absolute Gasteiger partial charge is 0.355 e. The number of nitrogens with zero attached hydrogens (tertiary/aromatic N) is 3. The first-order valence-electron chi connectivity index (χ1n) is 7.88. The van der Waals surface area contributed by atoms with Crippen molar-refractivity contribution in [1.82, 2.24) is 20.3 Å². The number of hydrogen-bond acceptors (Lipinski definition) is 4. The van der Waals surface area contributed by atoms with Crippen molar-refractivity contribution >= 4 is 5.91 Å². The summed E-state index contributed by atoms with van der Waals surface area (Å²) < 4.78 is 5.34. The van der Waals surface area contributed by atoms with Crippen LogP contribution in [0.1, 0.15) is 34.2 Å². The van der Waals surface area contributed by atoms with Crippen LogP contribution in [-0.2, 0) is 13.0 Å². The van der Waals surface area contributed by atoms with Crippen molar-refractivity contribution in [1.29, 1.82) is 0 Å². The molecule has 0 saturated carbocycles. The van der Waals surface area contributed by atoms with E-state index in [2.05, 4.69) is 22.3 Å². The average molecular weight is 324 g/mol. The van der Waals surface area contributed by atoms with Crippen molar-refractivity contribution in [2.24, 2.45) is 0 Å². The molecule has 0 unspecified atom stereocenters. The molecule has 6 nitrogen and oxygen atoms in total. The maximum Gasteiger partial charge on any atom is 0.276 e. The van der Waals surface area contributed by atoms with Gasteiger partial charge in [0, 0.05) is 36.5 Å². The van der Waals surface area contributed by atoms with E-state index < -0.39 is 0 Å².